The van der Waals surface area contributed by atoms with Gasteiger partial charge in [-0.2, -0.15) is 4.68 Å². The molecular formula is C16H21N5OS. The molecule has 0 radical (unpaired) electrons. The number of carbonyl (C=O) groups is 1. The third-order valence-electron chi connectivity index (χ3n) is 4.12. The highest BCUT2D eigenvalue weighted by molar-refractivity contribution is 7.99. The maximum absolute atomic E-state index is 12.4. The van der Waals surface area contributed by atoms with Crippen LogP contribution >= 0.6 is 11.8 Å². The number of amides is 1. The van der Waals surface area contributed by atoms with Crippen LogP contribution in [0.15, 0.2) is 29.4 Å². The highest BCUT2D eigenvalue weighted by Gasteiger charge is 2.22. The summed E-state index contributed by atoms with van der Waals surface area (Å²) in [4.78, 5) is 14.3. The lowest BCUT2D eigenvalue weighted by molar-refractivity contribution is -0.130. The van der Waals surface area contributed by atoms with Gasteiger partial charge in [-0.05, 0) is 47.7 Å². The van der Waals surface area contributed by atoms with Crippen molar-refractivity contribution in [2.75, 3.05) is 18.8 Å². The Bertz CT molecular complexity index is 687. The zero-order chi connectivity index (χ0) is 16.2. The first kappa shape index (κ1) is 16.0. The van der Waals surface area contributed by atoms with Crippen LogP contribution < -0.4 is 0 Å². The smallest absolute Gasteiger partial charge is 0.233 e. The topological polar surface area (TPSA) is 63.9 Å². The summed E-state index contributed by atoms with van der Waals surface area (Å²) in [7, 11) is 0. The van der Waals surface area contributed by atoms with E-state index >= 15 is 0 Å². The highest BCUT2D eigenvalue weighted by atomic mass is 32.2. The molecule has 1 aromatic carbocycles. The molecule has 1 aromatic heterocycles. The maximum Gasteiger partial charge on any atom is 0.233 e. The number of nitrogens with zero attached hydrogens (tertiary/aromatic N) is 5. The van der Waals surface area contributed by atoms with Gasteiger partial charge in [0.15, 0.2) is 0 Å². The molecule has 6 nitrogen and oxygen atoms in total. The normalized spacial score (nSPS) is 18.2. The number of aromatic nitrogens is 4. The minimum absolute atomic E-state index is 0.167. The van der Waals surface area contributed by atoms with E-state index in [0.29, 0.717) is 16.8 Å². The van der Waals surface area contributed by atoms with Crippen LogP contribution in [0.1, 0.15) is 25.3 Å². The van der Waals surface area contributed by atoms with E-state index in [1.165, 1.54) is 18.2 Å². The molecule has 1 saturated heterocycles. The second-order valence-corrected chi connectivity index (χ2v) is 6.98. The van der Waals surface area contributed by atoms with Crippen LogP contribution in [0.5, 0.6) is 0 Å². The molecule has 7 heteroatoms. The first-order valence-corrected chi connectivity index (χ1v) is 8.88. The Labute approximate surface area is 140 Å². The fourth-order valence-corrected chi connectivity index (χ4v) is 3.64. The molecule has 0 bridgehead atoms. The first-order chi connectivity index (χ1) is 11.1. The second kappa shape index (κ2) is 7.12. The molecule has 0 unspecified atom stereocenters. The molecule has 1 fully saturated rings. The summed E-state index contributed by atoms with van der Waals surface area (Å²) in [6.07, 6.45) is 2.31. The van der Waals surface area contributed by atoms with Gasteiger partial charge in [0.1, 0.15) is 0 Å². The van der Waals surface area contributed by atoms with E-state index in [9.17, 15) is 4.79 Å². The lowest BCUT2D eigenvalue weighted by Crippen LogP contribution is -2.40. The Balaban J connectivity index is 1.67. The molecule has 3 rings (SSSR count). The van der Waals surface area contributed by atoms with Crippen LogP contribution in [0.4, 0.5) is 0 Å². The third-order valence-corrected chi connectivity index (χ3v) is 5.02. The minimum Gasteiger partial charge on any atom is -0.342 e. The van der Waals surface area contributed by atoms with Gasteiger partial charge in [0.25, 0.3) is 0 Å². The Morgan fingerprint density at radius 1 is 1.39 bits per heavy atom. The number of benzene rings is 1. The van der Waals surface area contributed by atoms with Crippen molar-refractivity contribution >= 4 is 17.7 Å². The molecular weight excluding hydrogens is 310 g/mol. The van der Waals surface area contributed by atoms with Crippen molar-refractivity contribution in [2.45, 2.75) is 31.8 Å². The van der Waals surface area contributed by atoms with Crippen LogP contribution in [-0.2, 0) is 4.79 Å². The molecule has 0 aliphatic carbocycles. The molecule has 1 aliphatic rings. The van der Waals surface area contributed by atoms with Gasteiger partial charge in [-0.15, -0.1) is 5.10 Å². The van der Waals surface area contributed by atoms with Gasteiger partial charge in [0.2, 0.25) is 11.1 Å². The predicted octanol–water partition coefficient (Wildman–Crippen LogP) is 2.32. The number of para-hydroxylation sites is 1. The number of hydrogen-bond acceptors (Lipinski definition) is 5. The summed E-state index contributed by atoms with van der Waals surface area (Å²) in [6, 6.07) is 7.94. The fraction of sp³-hybridized carbons (Fsp3) is 0.500. The van der Waals surface area contributed by atoms with Gasteiger partial charge in [0.05, 0.1) is 11.4 Å². The Hall–Kier alpha value is -1.89. The number of thioether (sulfide) groups is 1. The van der Waals surface area contributed by atoms with Crippen molar-refractivity contribution in [1.82, 2.24) is 25.1 Å². The summed E-state index contributed by atoms with van der Waals surface area (Å²) in [5, 5.41) is 12.5. The molecule has 2 heterocycles. The number of hydrogen-bond donors (Lipinski definition) is 0. The van der Waals surface area contributed by atoms with Gasteiger partial charge in [-0.3, -0.25) is 4.79 Å². The monoisotopic (exact) mass is 331 g/mol. The van der Waals surface area contributed by atoms with Gasteiger partial charge in [-0.1, -0.05) is 36.9 Å². The average molecular weight is 331 g/mol. The number of likely N-dealkylation sites (tertiary alicyclic amines) is 1. The molecule has 0 spiro atoms. The van der Waals surface area contributed by atoms with Gasteiger partial charge in [-0.25, -0.2) is 0 Å². The summed E-state index contributed by atoms with van der Waals surface area (Å²) in [5.41, 5.74) is 2.04. The molecule has 122 valence electrons. The third kappa shape index (κ3) is 3.72. The van der Waals surface area contributed by atoms with Crippen molar-refractivity contribution in [3.05, 3.63) is 29.8 Å². The van der Waals surface area contributed by atoms with Crippen LogP contribution in [0.3, 0.4) is 0 Å². The fourth-order valence-electron chi connectivity index (χ4n) is 2.85. The zero-order valence-electron chi connectivity index (χ0n) is 13.5. The maximum atomic E-state index is 12.4. The average Bonchev–Trinajstić information content (AvgIpc) is 3.01. The Morgan fingerprint density at radius 2 is 2.22 bits per heavy atom. The SMILES string of the molecule is Cc1ccccc1-n1nnnc1SCC(=O)N1CCC[C@H](C)C1. The molecule has 0 N–H and O–H groups in total. The van der Waals surface area contributed by atoms with Gasteiger partial charge >= 0.3 is 0 Å². The zero-order valence-corrected chi connectivity index (χ0v) is 14.3. The van der Waals surface area contributed by atoms with E-state index in [1.807, 2.05) is 36.1 Å². The highest BCUT2D eigenvalue weighted by Crippen LogP contribution is 2.22. The number of rotatable bonds is 4. The molecule has 1 amide bonds. The van der Waals surface area contributed by atoms with Crippen LogP contribution in [0.25, 0.3) is 5.69 Å². The summed E-state index contributed by atoms with van der Waals surface area (Å²) >= 11 is 1.40. The van der Waals surface area contributed by atoms with E-state index in [2.05, 4.69) is 22.4 Å². The van der Waals surface area contributed by atoms with Crippen molar-refractivity contribution < 1.29 is 4.79 Å². The molecule has 23 heavy (non-hydrogen) atoms. The van der Waals surface area contributed by atoms with Crippen molar-refractivity contribution in [1.29, 1.82) is 0 Å². The number of carbonyl (C=O) groups excluding carboxylic acids is 1. The molecule has 2 aromatic rings. The van der Waals surface area contributed by atoms with Crippen molar-refractivity contribution in [3.63, 3.8) is 0 Å². The van der Waals surface area contributed by atoms with Crippen LogP contribution in [0, 0.1) is 12.8 Å². The second-order valence-electron chi connectivity index (χ2n) is 6.04. The number of piperidine rings is 1. The van der Waals surface area contributed by atoms with Gasteiger partial charge in [0, 0.05) is 13.1 Å². The number of tetrazole rings is 1. The first-order valence-electron chi connectivity index (χ1n) is 7.90. The van der Waals surface area contributed by atoms with E-state index in [1.54, 1.807) is 4.68 Å². The van der Waals surface area contributed by atoms with Crippen LogP contribution in [-0.4, -0.2) is 49.9 Å². The molecule has 0 saturated carbocycles. The summed E-state index contributed by atoms with van der Waals surface area (Å²) in [6.45, 7) is 5.95. The van der Waals surface area contributed by atoms with E-state index in [-0.39, 0.29) is 5.91 Å². The molecule has 1 aliphatic heterocycles. The van der Waals surface area contributed by atoms with Crippen molar-refractivity contribution in [3.8, 4) is 5.69 Å². The predicted molar refractivity (Wildman–Crippen MR) is 89.6 cm³/mol. The van der Waals surface area contributed by atoms with Crippen LogP contribution in [0.2, 0.25) is 0 Å². The number of aryl methyl sites for hydroxylation is 1. The summed E-state index contributed by atoms with van der Waals surface area (Å²) < 4.78 is 1.70. The molecule has 1 atom stereocenters. The minimum atomic E-state index is 0.167. The Kier molecular flexibility index (Phi) is 4.95. The lowest BCUT2D eigenvalue weighted by atomic mass is 10.0. The standard InChI is InChI=1S/C16H21N5OS/c1-12-6-5-9-20(10-12)15(22)11-23-16-17-18-19-21(16)14-8-4-3-7-13(14)2/h3-4,7-8,12H,5-6,9-11H2,1-2H3/t12-/m0/s1. The quantitative estimate of drug-likeness (QED) is 0.805. The summed E-state index contributed by atoms with van der Waals surface area (Å²) in [5.74, 6) is 1.13. The van der Waals surface area contributed by atoms with Gasteiger partial charge < -0.3 is 4.90 Å². The van der Waals surface area contributed by atoms with E-state index in [4.69, 9.17) is 0 Å². The van der Waals surface area contributed by atoms with E-state index in [0.717, 1.165) is 30.8 Å². The Morgan fingerprint density at radius 3 is 3.00 bits per heavy atom. The lowest BCUT2D eigenvalue weighted by Gasteiger charge is -2.30. The van der Waals surface area contributed by atoms with Crippen molar-refractivity contribution in [2.24, 2.45) is 5.92 Å². The largest absolute Gasteiger partial charge is 0.342 e. The van der Waals surface area contributed by atoms with E-state index < -0.39 is 0 Å².